The molecule has 1 aliphatic rings. The van der Waals surface area contributed by atoms with Crippen LogP contribution in [0.5, 0.6) is 0 Å². The first-order valence-corrected chi connectivity index (χ1v) is 12.8. The number of aromatic nitrogens is 4. The van der Waals surface area contributed by atoms with Gasteiger partial charge in [0.2, 0.25) is 0 Å². The number of rotatable bonds is 7. The number of fused-ring (bicyclic) bond motifs is 1. The third-order valence-corrected chi connectivity index (χ3v) is 6.43. The molecule has 132 valence electrons. The smallest absolute Gasteiger partial charge is 0.139 e. The Hall–Kier alpha value is -1.92. The van der Waals surface area contributed by atoms with Crippen LogP contribution in [0.3, 0.4) is 0 Å². The fourth-order valence-corrected chi connectivity index (χ4v) is 3.79. The fourth-order valence-electron chi connectivity index (χ4n) is 3.03. The van der Waals surface area contributed by atoms with Crippen molar-refractivity contribution in [1.82, 2.24) is 19.3 Å². The summed E-state index contributed by atoms with van der Waals surface area (Å²) in [6.07, 6.45) is 8.39. The molecule has 3 aromatic rings. The normalized spacial score (nSPS) is 15.2. The summed E-state index contributed by atoms with van der Waals surface area (Å²) in [6, 6.07) is 7.65. The number of benzene rings is 1. The zero-order valence-electron chi connectivity index (χ0n) is 15.3. The van der Waals surface area contributed by atoms with Gasteiger partial charge in [-0.25, -0.2) is 9.67 Å². The lowest BCUT2D eigenvalue weighted by atomic mass is 10.2. The molecule has 0 amide bonds. The summed E-state index contributed by atoms with van der Waals surface area (Å²) in [5, 5.41) is 5.64. The van der Waals surface area contributed by atoms with E-state index in [-0.39, 0.29) is 0 Å². The Morgan fingerprint density at radius 1 is 1.24 bits per heavy atom. The zero-order chi connectivity index (χ0) is 17.4. The van der Waals surface area contributed by atoms with Crippen LogP contribution < -0.4 is 0 Å². The number of nitrogens with zero attached hydrogens (tertiary/aromatic N) is 4. The highest BCUT2D eigenvalue weighted by Gasteiger charge is 2.28. The lowest BCUT2D eigenvalue weighted by Crippen LogP contribution is -2.22. The molecular formula is C19H26N4OSi. The Kier molecular flexibility index (Phi) is 4.25. The van der Waals surface area contributed by atoms with E-state index in [0.29, 0.717) is 12.6 Å². The third-order valence-electron chi connectivity index (χ3n) is 4.73. The van der Waals surface area contributed by atoms with Gasteiger partial charge in [-0.1, -0.05) is 19.6 Å². The number of hydrogen-bond acceptors (Lipinski definition) is 3. The maximum absolute atomic E-state index is 5.84. The van der Waals surface area contributed by atoms with Gasteiger partial charge >= 0.3 is 0 Å². The molecule has 1 aliphatic carbocycles. The van der Waals surface area contributed by atoms with Crippen molar-refractivity contribution >= 4 is 19.0 Å². The molecule has 2 heterocycles. The second kappa shape index (κ2) is 6.42. The number of imidazole rings is 1. The SMILES string of the molecule is C[Si](C)(C)CCOCn1ncc2cc(-n3ccnc3C3CC3)ccc21. The van der Waals surface area contributed by atoms with Gasteiger partial charge in [0, 0.05) is 44.1 Å². The first kappa shape index (κ1) is 16.5. The monoisotopic (exact) mass is 354 g/mol. The van der Waals surface area contributed by atoms with Gasteiger partial charge in [0.1, 0.15) is 12.6 Å². The maximum Gasteiger partial charge on any atom is 0.139 e. The van der Waals surface area contributed by atoms with Crippen LogP contribution in [-0.4, -0.2) is 34.0 Å². The van der Waals surface area contributed by atoms with Crippen molar-refractivity contribution in [2.24, 2.45) is 0 Å². The maximum atomic E-state index is 5.84. The summed E-state index contributed by atoms with van der Waals surface area (Å²) in [7, 11) is -1.04. The van der Waals surface area contributed by atoms with Gasteiger partial charge < -0.3 is 9.30 Å². The molecule has 1 aromatic carbocycles. The summed E-state index contributed by atoms with van der Waals surface area (Å²) >= 11 is 0. The lowest BCUT2D eigenvalue weighted by Gasteiger charge is -2.15. The minimum absolute atomic E-state index is 0.520. The summed E-state index contributed by atoms with van der Waals surface area (Å²) in [6.45, 7) is 8.44. The van der Waals surface area contributed by atoms with E-state index >= 15 is 0 Å². The second-order valence-corrected chi connectivity index (χ2v) is 13.8. The van der Waals surface area contributed by atoms with Crippen molar-refractivity contribution in [3.8, 4) is 5.69 Å². The zero-order valence-corrected chi connectivity index (χ0v) is 16.3. The average molecular weight is 355 g/mol. The molecule has 0 unspecified atom stereocenters. The highest BCUT2D eigenvalue weighted by atomic mass is 28.3. The van der Waals surface area contributed by atoms with E-state index in [1.54, 1.807) is 0 Å². The molecule has 0 radical (unpaired) electrons. The van der Waals surface area contributed by atoms with Gasteiger partial charge in [-0.05, 0) is 37.1 Å². The molecule has 0 spiro atoms. The van der Waals surface area contributed by atoms with Crippen LogP contribution >= 0.6 is 0 Å². The summed E-state index contributed by atoms with van der Waals surface area (Å²) in [5.41, 5.74) is 2.27. The van der Waals surface area contributed by atoms with Crippen LogP contribution in [0.4, 0.5) is 0 Å². The Balaban J connectivity index is 1.50. The van der Waals surface area contributed by atoms with Crippen molar-refractivity contribution in [2.75, 3.05) is 6.61 Å². The van der Waals surface area contributed by atoms with Crippen molar-refractivity contribution in [3.63, 3.8) is 0 Å². The Morgan fingerprint density at radius 3 is 2.84 bits per heavy atom. The van der Waals surface area contributed by atoms with Crippen molar-refractivity contribution < 1.29 is 4.74 Å². The predicted octanol–water partition coefficient (Wildman–Crippen LogP) is 4.41. The van der Waals surface area contributed by atoms with Crippen LogP contribution in [-0.2, 0) is 11.5 Å². The van der Waals surface area contributed by atoms with E-state index in [1.165, 1.54) is 24.7 Å². The van der Waals surface area contributed by atoms with Gasteiger partial charge in [0.25, 0.3) is 0 Å². The molecule has 25 heavy (non-hydrogen) atoms. The molecule has 0 N–H and O–H groups in total. The van der Waals surface area contributed by atoms with E-state index < -0.39 is 8.07 Å². The first-order chi connectivity index (χ1) is 12.0. The molecule has 2 aromatic heterocycles. The Bertz CT molecular complexity index is 873. The number of ether oxygens (including phenoxy) is 1. The van der Waals surface area contributed by atoms with E-state index in [2.05, 4.69) is 58.7 Å². The summed E-state index contributed by atoms with van der Waals surface area (Å²) in [5.74, 6) is 1.81. The van der Waals surface area contributed by atoms with Crippen molar-refractivity contribution in [3.05, 3.63) is 42.6 Å². The third kappa shape index (κ3) is 3.69. The summed E-state index contributed by atoms with van der Waals surface area (Å²) in [4.78, 5) is 4.53. The van der Waals surface area contributed by atoms with Crippen molar-refractivity contribution in [2.45, 2.75) is 51.2 Å². The highest BCUT2D eigenvalue weighted by molar-refractivity contribution is 6.76. The molecule has 6 heteroatoms. The van der Waals surface area contributed by atoms with Gasteiger partial charge in [-0.3, -0.25) is 0 Å². The van der Waals surface area contributed by atoms with E-state index in [9.17, 15) is 0 Å². The predicted molar refractivity (Wildman–Crippen MR) is 103 cm³/mol. The molecule has 0 saturated heterocycles. The van der Waals surface area contributed by atoms with Crippen LogP contribution in [0.15, 0.2) is 36.8 Å². The molecule has 4 rings (SSSR count). The van der Waals surface area contributed by atoms with Crippen LogP contribution in [0.2, 0.25) is 25.7 Å². The molecule has 5 nitrogen and oxygen atoms in total. The lowest BCUT2D eigenvalue weighted by molar-refractivity contribution is 0.0817. The Morgan fingerprint density at radius 2 is 2.08 bits per heavy atom. The molecule has 0 bridgehead atoms. The van der Waals surface area contributed by atoms with Gasteiger partial charge in [-0.15, -0.1) is 0 Å². The van der Waals surface area contributed by atoms with E-state index in [1.807, 2.05) is 17.1 Å². The average Bonchev–Trinajstić information content (AvgIpc) is 3.16. The quantitative estimate of drug-likeness (QED) is 0.466. The van der Waals surface area contributed by atoms with Gasteiger partial charge in [0.05, 0.1) is 11.7 Å². The number of hydrogen-bond donors (Lipinski definition) is 0. The van der Waals surface area contributed by atoms with Crippen molar-refractivity contribution in [1.29, 1.82) is 0 Å². The molecular weight excluding hydrogens is 328 g/mol. The first-order valence-electron chi connectivity index (χ1n) is 9.08. The minimum Gasteiger partial charge on any atom is -0.360 e. The van der Waals surface area contributed by atoms with Crippen LogP contribution in [0.1, 0.15) is 24.6 Å². The molecule has 1 saturated carbocycles. The van der Waals surface area contributed by atoms with Gasteiger partial charge in [-0.2, -0.15) is 5.10 Å². The second-order valence-electron chi connectivity index (χ2n) is 8.16. The largest absolute Gasteiger partial charge is 0.360 e. The van der Waals surface area contributed by atoms with E-state index in [0.717, 1.165) is 23.2 Å². The van der Waals surface area contributed by atoms with E-state index in [4.69, 9.17) is 4.74 Å². The van der Waals surface area contributed by atoms with Crippen LogP contribution in [0.25, 0.3) is 16.6 Å². The Labute approximate surface area is 149 Å². The van der Waals surface area contributed by atoms with Crippen LogP contribution in [0, 0.1) is 0 Å². The summed E-state index contributed by atoms with van der Waals surface area (Å²) < 4.78 is 9.99. The minimum atomic E-state index is -1.04. The molecule has 0 atom stereocenters. The molecule has 1 fully saturated rings. The molecule has 0 aliphatic heterocycles. The highest BCUT2D eigenvalue weighted by Crippen LogP contribution is 2.39. The van der Waals surface area contributed by atoms with Gasteiger partial charge in [0.15, 0.2) is 0 Å². The standard InChI is InChI=1S/C19H26N4OSi/c1-25(2,3)11-10-24-14-23-18-7-6-17(12-16(18)13-21-23)22-9-8-20-19(22)15-4-5-15/h6-9,12-13,15H,4-5,10-11,14H2,1-3H3. The fraction of sp³-hybridized carbons (Fsp3) is 0.474. The topological polar surface area (TPSA) is 44.9 Å².